The van der Waals surface area contributed by atoms with Crippen LogP contribution in [0.1, 0.15) is 284 Å². The number of carbonyl (C=O) groups excluding carboxylic acids is 2. The second kappa shape index (κ2) is 53.6. The summed E-state index contributed by atoms with van der Waals surface area (Å²) in [6.07, 6.45) is 63.4. The Bertz CT molecular complexity index is 1190. The van der Waals surface area contributed by atoms with E-state index in [1.807, 2.05) is 0 Å². The molecule has 0 aromatic carbocycles. The molecule has 0 radical (unpaired) electrons. The van der Waals surface area contributed by atoms with Crippen molar-refractivity contribution in [1.29, 1.82) is 0 Å². The molecule has 0 aromatic heterocycles. The molecule has 10 heteroatoms. The van der Waals surface area contributed by atoms with Crippen molar-refractivity contribution in [1.82, 2.24) is 0 Å². The van der Waals surface area contributed by atoms with E-state index in [1.165, 1.54) is 180 Å². The lowest BCUT2D eigenvalue weighted by Gasteiger charge is -2.19. The number of ether oxygens (including phenoxy) is 2. The first-order chi connectivity index (χ1) is 32.8. The minimum atomic E-state index is -4.39. The van der Waals surface area contributed by atoms with Crippen LogP contribution in [0.4, 0.5) is 0 Å². The summed E-state index contributed by atoms with van der Waals surface area (Å²) in [4.78, 5) is 35.1. The zero-order chi connectivity index (χ0) is 48.8. The highest BCUT2D eigenvalue weighted by molar-refractivity contribution is 7.47. The van der Waals surface area contributed by atoms with Crippen molar-refractivity contribution in [3.63, 3.8) is 0 Å². The molecule has 3 N–H and O–H groups in total. The molecule has 0 rings (SSSR count). The minimum Gasteiger partial charge on any atom is -0.462 e. The van der Waals surface area contributed by atoms with Crippen molar-refractivity contribution >= 4 is 19.8 Å². The molecule has 0 aromatic rings. The van der Waals surface area contributed by atoms with Gasteiger partial charge in [0.25, 0.3) is 0 Å². The largest absolute Gasteiger partial charge is 0.472 e. The van der Waals surface area contributed by atoms with Gasteiger partial charge < -0.3 is 20.1 Å². The van der Waals surface area contributed by atoms with Gasteiger partial charge >= 0.3 is 19.8 Å². The third-order valence-corrected chi connectivity index (χ3v) is 13.5. The molecule has 67 heavy (non-hydrogen) atoms. The monoisotopic (exact) mass is 966 g/mol. The van der Waals surface area contributed by atoms with Gasteiger partial charge in [-0.1, -0.05) is 256 Å². The summed E-state index contributed by atoms with van der Waals surface area (Å²) in [5.74, 6) is -0.829. The van der Waals surface area contributed by atoms with Crippen molar-refractivity contribution < 1.29 is 37.6 Å². The molecular weight excluding hydrogens is 858 g/mol. The summed E-state index contributed by atoms with van der Waals surface area (Å²) in [5, 5.41) is 0. The highest BCUT2D eigenvalue weighted by atomic mass is 31.2. The molecule has 2 atom stereocenters. The van der Waals surface area contributed by atoms with Gasteiger partial charge in [0.2, 0.25) is 0 Å². The van der Waals surface area contributed by atoms with Crippen LogP contribution in [0.5, 0.6) is 0 Å². The van der Waals surface area contributed by atoms with Crippen LogP contribution >= 0.6 is 7.82 Å². The lowest BCUT2D eigenvalue weighted by Crippen LogP contribution is -2.29. The van der Waals surface area contributed by atoms with Crippen LogP contribution in [0.25, 0.3) is 0 Å². The van der Waals surface area contributed by atoms with Crippen molar-refractivity contribution in [3.8, 4) is 0 Å². The average molecular weight is 966 g/mol. The molecule has 9 nitrogen and oxygen atoms in total. The Kier molecular flexibility index (Phi) is 52.2. The van der Waals surface area contributed by atoms with Crippen LogP contribution < -0.4 is 5.73 Å². The van der Waals surface area contributed by atoms with E-state index in [0.29, 0.717) is 6.42 Å². The predicted octanol–water partition coefficient (Wildman–Crippen LogP) is 17.6. The molecule has 0 aliphatic heterocycles. The van der Waals surface area contributed by atoms with Crippen LogP contribution in [-0.2, 0) is 32.7 Å². The van der Waals surface area contributed by atoms with Crippen molar-refractivity contribution in [2.24, 2.45) is 5.73 Å². The highest BCUT2D eigenvalue weighted by Gasteiger charge is 2.26. The number of unbranched alkanes of at least 4 members (excludes halogenated alkanes) is 35. The molecule has 0 bridgehead atoms. The molecule has 2 unspecified atom stereocenters. The second-order valence-corrected chi connectivity index (χ2v) is 20.6. The Morgan fingerprint density at radius 2 is 0.776 bits per heavy atom. The van der Waals surface area contributed by atoms with Gasteiger partial charge in [-0.3, -0.25) is 18.6 Å². The maximum atomic E-state index is 12.7. The number of phosphoric ester groups is 1. The van der Waals surface area contributed by atoms with Crippen molar-refractivity contribution in [2.45, 2.75) is 290 Å². The van der Waals surface area contributed by atoms with Gasteiger partial charge in [0.05, 0.1) is 13.2 Å². The fourth-order valence-electron chi connectivity index (χ4n) is 8.29. The van der Waals surface area contributed by atoms with Gasteiger partial charge in [0.15, 0.2) is 6.10 Å². The highest BCUT2D eigenvalue weighted by Crippen LogP contribution is 2.43. The van der Waals surface area contributed by atoms with E-state index in [2.05, 4.69) is 50.3 Å². The SMILES string of the molecule is CCCCCCC/C=C\C/C=C\C/C=C\CCCCCCCCC(=O)OC(COC(=O)CCCCCCCCCCCCCCCCCCCCCCCCCCC)COP(=O)(O)OCCN. The van der Waals surface area contributed by atoms with E-state index in [4.69, 9.17) is 24.3 Å². The third-order valence-electron chi connectivity index (χ3n) is 12.5. The maximum absolute atomic E-state index is 12.7. The normalized spacial score (nSPS) is 13.3. The molecule has 0 fully saturated rings. The fourth-order valence-corrected chi connectivity index (χ4v) is 9.06. The van der Waals surface area contributed by atoms with E-state index < -0.39 is 26.5 Å². The summed E-state index contributed by atoms with van der Waals surface area (Å²) >= 11 is 0. The van der Waals surface area contributed by atoms with Crippen LogP contribution in [0.2, 0.25) is 0 Å². The van der Waals surface area contributed by atoms with E-state index >= 15 is 0 Å². The Balaban J connectivity index is 3.97. The molecule has 0 saturated carbocycles. The summed E-state index contributed by atoms with van der Waals surface area (Å²) in [6.45, 7) is 3.76. The zero-order valence-corrected chi connectivity index (χ0v) is 44.8. The van der Waals surface area contributed by atoms with Crippen molar-refractivity contribution in [3.05, 3.63) is 36.5 Å². The predicted molar refractivity (Wildman–Crippen MR) is 284 cm³/mol. The summed E-state index contributed by atoms with van der Waals surface area (Å²) in [7, 11) is -4.39. The summed E-state index contributed by atoms with van der Waals surface area (Å²) < 4.78 is 33.0. The van der Waals surface area contributed by atoms with E-state index in [1.54, 1.807) is 0 Å². The third kappa shape index (κ3) is 53.4. The molecule has 0 aliphatic carbocycles. The van der Waals surface area contributed by atoms with E-state index in [-0.39, 0.29) is 38.6 Å². The second-order valence-electron chi connectivity index (χ2n) is 19.2. The first kappa shape index (κ1) is 65.2. The molecule has 0 heterocycles. The van der Waals surface area contributed by atoms with E-state index in [9.17, 15) is 19.0 Å². The Morgan fingerprint density at radius 1 is 0.448 bits per heavy atom. The van der Waals surface area contributed by atoms with Crippen LogP contribution in [0.15, 0.2) is 36.5 Å². The smallest absolute Gasteiger partial charge is 0.462 e. The van der Waals surface area contributed by atoms with E-state index in [0.717, 1.165) is 70.6 Å². The number of hydrogen-bond donors (Lipinski definition) is 2. The first-order valence-corrected chi connectivity index (χ1v) is 30.0. The van der Waals surface area contributed by atoms with Crippen LogP contribution in [0, 0.1) is 0 Å². The lowest BCUT2D eigenvalue weighted by atomic mass is 10.0. The fraction of sp³-hybridized carbons (Fsp3) is 0.860. The summed E-state index contributed by atoms with van der Waals surface area (Å²) in [5.41, 5.74) is 5.38. The van der Waals surface area contributed by atoms with Gasteiger partial charge in [-0.2, -0.15) is 0 Å². The maximum Gasteiger partial charge on any atom is 0.472 e. The number of hydrogen-bond acceptors (Lipinski definition) is 8. The average Bonchev–Trinajstić information content (AvgIpc) is 3.32. The molecule has 394 valence electrons. The Hall–Kier alpha value is -1.77. The number of allylic oxidation sites excluding steroid dienone is 6. The van der Waals surface area contributed by atoms with Gasteiger partial charge in [-0.15, -0.1) is 0 Å². The Labute approximate surface area is 414 Å². The first-order valence-electron chi connectivity index (χ1n) is 28.5. The Morgan fingerprint density at radius 3 is 1.15 bits per heavy atom. The van der Waals surface area contributed by atoms with Gasteiger partial charge in [0, 0.05) is 19.4 Å². The minimum absolute atomic E-state index is 0.0518. The summed E-state index contributed by atoms with van der Waals surface area (Å²) in [6, 6.07) is 0. The number of phosphoric acid groups is 1. The van der Waals surface area contributed by atoms with Crippen LogP contribution in [-0.4, -0.2) is 49.3 Å². The van der Waals surface area contributed by atoms with Gasteiger partial charge in [-0.25, -0.2) is 4.57 Å². The molecular formula is C57H108NO8P. The quantitative estimate of drug-likeness (QED) is 0.0264. The number of carbonyl (C=O) groups is 2. The van der Waals surface area contributed by atoms with Crippen molar-refractivity contribution in [2.75, 3.05) is 26.4 Å². The zero-order valence-electron chi connectivity index (χ0n) is 43.9. The molecule has 0 spiro atoms. The number of esters is 2. The molecule has 0 aliphatic rings. The van der Waals surface area contributed by atoms with Gasteiger partial charge in [-0.05, 0) is 51.4 Å². The van der Waals surface area contributed by atoms with Gasteiger partial charge in [0.1, 0.15) is 6.61 Å². The number of nitrogens with two attached hydrogens (primary N) is 1. The molecule has 0 saturated heterocycles. The number of rotatable bonds is 54. The standard InChI is InChI=1S/C57H108NO8P/c1-3-5-7-9-11-13-15-17-19-21-23-25-26-27-28-30-31-33-35-37-39-41-43-45-47-49-56(59)63-53-55(54-65-67(61,62)64-52-51-58)66-57(60)50-48-46-44-42-40-38-36-34-32-29-24-22-20-18-16-14-12-10-8-6-4-2/h16,18,22,24,32,34,55H,3-15,17,19-21,23,25-31,33,35-54,58H2,1-2H3,(H,61,62)/b18-16-,24-22-,34-32-. The topological polar surface area (TPSA) is 134 Å². The molecule has 0 amide bonds. The lowest BCUT2D eigenvalue weighted by molar-refractivity contribution is -0.161. The van der Waals surface area contributed by atoms with Crippen LogP contribution in [0.3, 0.4) is 0 Å².